The van der Waals surface area contributed by atoms with Crippen LogP contribution >= 0.6 is 10.0 Å². The molecule has 0 unspecified atom stereocenters. The summed E-state index contributed by atoms with van der Waals surface area (Å²) in [4.78, 5) is 1.21. The molecule has 1 heterocycles. The second kappa shape index (κ2) is 4.67. The summed E-state index contributed by atoms with van der Waals surface area (Å²) in [5, 5.41) is 0. The van der Waals surface area contributed by atoms with Crippen LogP contribution in [0, 0.1) is 6.92 Å². The van der Waals surface area contributed by atoms with Crippen molar-refractivity contribution in [3.05, 3.63) is 54.1 Å². The molecule has 0 aromatic heterocycles. The van der Waals surface area contributed by atoms with Gasteiger partial charge in [0.05, 0.1) is 0 Å². The monoisotopic (exact) mass is 306 g/mol. The van der Waals surface area contributed by atoms with Gasteiger partial charge in [-0.3, -0.25) is 0 Å². The van der Waals surface area contributed by atoms with Crippen LogP contribution in [0.2, 0.25) is 0 Å². The minimum absolute atomic E-state index is 0.882. The number of hydrogen-bond donors (Lipinski definition) is 0. The Morgan fingerprint density at radius 1 is 0.882 bits per heavy atom. The number of fused-ring (bicyclic) bond motifs is 1. The molecule has 0 amide bonds. The van der Waals surface area contributed by atoms with Crippen molar-refractivity contribution >= 4 is 24.2 Å². The van der Waals surface area contributed by atoms with Crippen molar-refractivity contribution in [2.75, 3.05) is 0 Å². The van der Waals surface area contributed by atoms with Crippen molar-refractivity contribution in [1.29, 1.82) is 0 Å². The molecule has 2 aromatic rings. The summed E-state index contributed by atoms with van der Waals surface area (Å²) in [7, 11) is 1.72. The van der Waals surface area contributed by atoms with E-state index in [1.165, 1.54) is 10.5 Å². The Morgan fingerprint density at radius 3 is 2.06 bits per heavy atom. The molecule has 0 saturated heterocycles. The molecule has 0 fully saturated rings. The van der Waals surface area contributed by atoms with Crippen molar-refractivity contribution in [3.8, 4) is 11.5 Å². The Kier molecular flexibility index (Phi) is 3.04. The Morgan fingerprint density at radius 2 is 1.47 bits per heavy atom. The Balaban J connectivity index is 1.71. The standard InChI is InChI=1S/C13H11AsO2S/c1-10-6-8-11(9-7-10)17-14-15-12-4-2-3-5-13(12)16-14/h2-9H,1H3. The molecule has 3 rings (SSSR count). The van der Waals surface area contributed by atoms with Crippen LogP contribution in [0.3, 0.4) is 0 Å². The van der Waals surface area contributed by atoms with Gasteiger partial charge in [0.2, 0.25) is 0 Å². The quantitative estimate of drug-likeness (QED) is 0.791. The van der Waals surface area contributed by atoms with Crippen molar-refractivity contribution < 1.29 is 7.45 Å². The fourth-order valence-electron chi connectivity index (χ4n) is 1.50. The van der Waals surface area contributed by atoms with Crippen molar-refractivity contribution in [1.82, 2.24) is 0 Å². The second-order valence-corrected chi connectivity index (χ2v) is 8.81. The van der Waals surface area contributed by atoms with Gasteiger partial charge >= 0.3 is 109 Å². The van der Waals surface area contributed by atoms with Crippen molar-refractivity contribution in [2.45, 2.75) is 11.8 Å². The zero-order valence-electron chi connectivity index (χ0n) is 9.29. The molecule has 0 N–H and O–H groups in total. The third-order valence-electron chi connectivity index (χ3n) is 2.40. The average Bonchev–Trinajstić information content (AvgIpc) is 2.74. The van der Waals surface area contributed by atoms with Gasteiger partial charge in [-0.25, -0.2) is 0 Å². The van der Waals surface area contributed by atoms with Gasteiger partial charge in [0, 0.05) is 0 Å². The first kappa shape index (κ1) is 11.1. The van der Waals surface area contributed by atoms with E-state index < -0.39 is 14.2 Å². The summed E-state index contributed by atoms with van der Waals surface area (Å²) in [6.07, 6.45) is 0. The second-order valence-electron chi connectivity index (χ2n) is 3.76. The Bertz CT molecular complexity index is 502. The van der Waals surface area contributed by atoms with Crippen molar-refractivity contribution in [2.24, 2.45) is 0 Å². The molecule has 2 aromatic carbocycles. The molecule has 0 aliphatic carbocycles. The zero-order chi connectivity index (χ0) is 11.7. The zero-order valence-corrected chi connectivity index (χ0v) is 12.0. The number of hydrogen-bond acceptors (Lipinski definition) is 3. The van der Waals surface area contributed by atoms with Crippen LogP contribution in [0.5, 0.6) is 11.5 Å². The van der Waals surface area contributed by atoms with E-state index in [-0.39, 0.29) is 0 Å². The maximum atomic E-state index is 5.83. The van der Waals surface area contributed by atoms with E-state index >= 15 is 0 Å². The van der Waals surface area contributed by atoms with Crippen molar-refractivity contribution in [3.63, 3.8) is 0 Å². The van der Waals surface area contributed by atoms with Gasteiger partial charge in [-0.05, 0) is 0 Å². The molecular weight excluding hydrogens is 295 g/mol. The van der Waals surface area contributed by atoms with E-state index in [0.29, 0.717) is 0 Å². The van der Waals surface area contributed by atoms with Gasteiger partial charge in [0.1, 0.15) is 0 Å². The van der Waals surface area contributed by atoms with Crippen LogP contribution in [0.15, 0.2) is 53.4 Å². The van der Waals surface area contributed by atoms with E-state index in [9.17, 15) is 0 Å². The summed E-state index contributed by atoms with van der Waals surface area (Å²) in [6.45, 7) is 2.09. The van der Waals surface area contributed by atoms with Gasteiger partial charge in [0.15, 0.2) is 0 Å². The average molecular weight is 306 g/mol. The van der Waals surface area contributed by atoms with Gasteiger partial charge in [-0.2, -0.15) is 0 Å². The maximum absolute atomic E-state index is 5.83. The molecule has 86 valence electrons. The first-order valence-electron chi connectivity index (χ1n) is 5.31. The first-order valence-corrected chi connectivity index (χ1v) is 9.91. The van der Waals surface area contributed by atoms with E-state index in [2.05, 4.69) is 31.2 Å². The van der Waals surface area contributed by atoms with Crippen LogP contribution < -0.4 is 7.45 Å². The molecule has 0 spiro atoms. The fourth-order valence-corrected chi connectivity index (χ4v) is 6.55. The van der Waals surface area contributed by atoms with Gasteiger partial charge in [-0.15, -0.1) is 0 Å². The predicted molar refractivity (Wildman–Crippen MR) is 70.5 cm³/mol. The molecule has 4 heteroatoms. The molecule has 0 saturated carbocycles. The minimum atomic E-state index is -1.76. The fraction of sp³-hybridized carbons (Fsp3) is 0.0769. The first-order chi connectivity index (χ1) is 8.31. The van der Waals surface area contributed by atoms with E-state index in [1.807, 2.05) is 24.3 Å². The number of rotatable bonds is 2. The predicted octanol–water partition coefficient (Wildman–Crippen LogP) is 3.54. The molecule has 17 heavy (non-hydrogen) atoms. The van der Waals surface area contributed by atoms with E-state index in [0.717, 1.165) is 11.5 Å². The van der Waals surface area contributed by atoms with E-state index in [1.54, 1.807) is 10.0 Å². The Hall–Kier alpha value is -1.05. The number of aryl methyl sites for hydroxylation is 1. The van der Waals surface area contributed by atoms with Crippen LogP contribution in [0.25, 0.3) is 0 Å². The van der Waals surface area contributed by atoms with Crippen LogP contribution in [-0.2, 0) is 0 Å². The summed E-state index contributed by atoms with van der Waals surface area (Å²) >= 11 is -1.76. The molecule has 0 radical (unpaired) electrons. The SMILES string of the molecule is Cc1ccc(S[As]2Oc3ccccc3O2)cc1. The topological polar surface area (TPSA) is 18.5 Å². The molecule has 0 bridgehead atoms. The van der Waals surface area contributed by atoms with Gasteiger partial charge in [-0.1, -0.05) is 0 Å². The summed E-state index contributed by atoms with van der Waals surface area (Å²) in [5.74, 6) is 1.76. The van der Waals surface area contributed by atoms with Gasteiger partial charge < -0.3 is 0 Å². The third-order valence-corrected chi connectivity index (χ3v) is 7.52. The Labute approximate surface area is 109 Å². The molecular formula is C13H11AsO2S. The molecule has 0 atom stereocenters. The van der Waals surface area contributed by atoms with Gasteiger partial charge in [0.25, 0.3) is 0 Å². The van der Waals surface area contributed by atoms with Crippen LogP contribution in [0.1, 0.15) is 5.56 Å². The van der Waals surface area contributed by atoms with Crippen LogP contribution in [-0.4, -0.2) is 14.2 Å². The van der Waals surface area contributed by atoms with Crippen LogP contribution in [0.4, 0.5) is 0 Å². The normalized spacial score (nSPS) is 13.9. The molecule has 1 aliphatic heterocycles. The molecule has 2 nitrogen and oxygen atoms in total. The third kappa shape index (κ3) is 2.46. The summed E-state index contributed by atoms with van der Waals surface area (Å²) in [6, 6.07) is 16.3. The number of benzene rings is 2. The summed E-state index contributed by atoms with van der Waals surface area (Å²) < 4.78 is 11.7. The number of para-hydroxylation sites is 2. The summed E-state index contributed by atoms with van der Waals surface area (Å²) in [5.41, 5.74) is 1.27. The molecule has 1 aliphatic rings. The van der Waals surface area contributed by atoms with E-state index in [4.69, 9.17) is 7.45 Å².